The van der Waals surface area contributed by atoms with Gasteiger partial charge in [-0.2, -0.15) is 5.10 Å². The van der Waals surface area contributed by atoms with E-state index in [-0.39, 0.29) is 22.1 Å². The molecular formula is C30H22Cl4N2O6. The molecule has 1 N–H and O–H groups in total. The highest BCUT2D eigenvalue weighted by Crippen LogP contribution is 2.30. The molecular weight excluding hydrogens is 626 g/mol. The molecule has 0 saturated heterocycles. The van der Waals surface area contributed by atoms with Crippen LogP contribution in [0.4, 0.5) is 0 Å². The molecule has 216 valence electrons. The summed E-state index contributed by atoms with van der Waals surface area (Å²) in [5.74, 6) is -0.221. The van der Waals surface area contributed by atoms with Gasteiger partial charge in [0.25, 0.3) is 0 Å². The van der Waals surface area contributed by atoms with Crippen molar-refractivity contribution in [3.8, 4) is 23.0 Å². The Hall–Kier alpha value is -3.95. The molecule has 0 unspecified atom stereocenters. The Morgan fingerprint density at radius 1 is 0.786 bits per heavy atom. The van der Waals surface area contributed by atoms with Crippen LogP contribution in [0.15, 0.2) is 90.0 Å². The number of esters is 1. The standard InChI is InChI=1S/C30H22Cl4N2O6/c1-2-39-27-15-18(3-14-26(27)42-29(38)24-13-8-21(33)16-25(24)34)17-35-36-28(37)30(40-22-9-4-19(31)5-10-22)41-23-11-6-20(32)7-12-23/h3-17,30H,2H2,1H3,(H,36,37). The second kappa shape index (κ2) is 14.8. The lowest BCUT2D eigenvalue weighted by Gasteiger charge is -2.19. The van der Waals surface area contributed by atoms with Gasteiger partial charge < -0.3 is 18.9 Å². The zero-order chi connectivity index (χ0) is 30.1. The predicted octanol–water partition coefficient (Wildman–Crippen LogP) is 7.85. The molecule has 0 spiro atoms. The summed E-state index contributed by atoms with van der Waals surface area (Å²) in [6, 6.07) is 22.1. The van der Waals surface area contributed by atoms with Crippen LogP contribution in [0.1, 0.15) is 22.8 Å². The molecule has 8 nitrogen and oxygen atoms in total. The SMILES string of the molecule is CCOc1cc(C=NNC(=O)C(Oc2ccc(Cl)cc2)Oc2ccc(Cl)cc2)ccc1OC(=O)c1ccc(Cl)cc1Cl. The third-order valence-electron chi connectivity index (χ3n) is 5.34. The van der Waals surface area contributed by atoms with Gasteiger partial charge in [0.1, 0.15) is 11.5 Å². The molecule has 0 radical (unpaired) electrons. The number of nitrogens with zero attached hydrogens (tertiary/aromatic N) is 1. The number of benzene rings is 4. The van der Waals surface area contributed by atoms with Gasteiger partial charge in [0, 0.05) is 15.1 Å². The Labute approximate surface area is 261 Å². The Kier molecular flexibility index (Phi) is 10.9. The van der Waals surface area contributed by atoms with Crippen LogP contribution < -0.4 is 24.4 Å². The monoisotopic (exact) mass is 646 g/mol. The van der Waals surface area contributed by atoms with E-state index >= 15 is 0 Å². The van der Waals surface area contributed by atoms with Crippen molar-refractivity contribution in [3.05, 3.63) is 116 Å². The van der Waals surface area contributed by atoms with E-state index in [4.69, 9.17) is 65.4 Å². The maximum Gasteiger partial charge on any atom is 0.345 e. The average Bonchev–Trinajstić information content (AvgIpc) is 2.96. The summed E-state index contributed by atoms with van der Waals surface area (Å²) in [6.45, 7) is 2.08. The third kappa shape index (κ3) is 8.77. The molecule has 1 amide bonds. The molecule has 0 heterocycles. The lowest BCUT2D eigenvalue weighted by Crippen LogP contribution is -2.40. The largest absolute Gasteiger partial charge is 0.490 e. The third-order valence-corrected chi connectivity index (χ3v) is 6.39. The van der Waals surface area contributed by atoms with E-state index in [2.05, 4.69) is 10.5 Å². The second-order valence-electron chi connectivity index (χ2n) is 8.36. The van der Waals surface area contributed by atoms with E-state index in [0.29, 0.717) is 38.7 Å². The van der Waals surface area contributed by atoms with E-state index in [1.54, 1.807) is 67.6 Å². The summed E-state index contributed by atoms with van der Waals surface area (Å²) in [5.41, 5.74) is 3.09. The zero-order valence-electron chi connectivity index (χ0n) is 21.9. The molecule has 4 rings (SSSR count). The highest BCUT2D eigenvalue weighted by atomic mass is 35.5. The van der Waals surface area contributed by atoms with Crippen molar-refractivity contribution in [2.24, 2.45) is 5.10 Å². The fourth-order valence-electron chi connectivity index (χ4n) is 3.40. The van der Waals surface area contributed by atoms with E-state index < -0.39 is 18.2 Å². The first-order valence-corrected chi connectivity index (χ1v) is 13.8. The predicted molar refractivity (Wildman–Crippen MR) is 163 cm³/mol. The maximum absolute atomic E-state index is 13.0. The van der Waals surface area contributed by atoms with Crippen LogP contribution in [0.2, 0.25) is 20.1 Å². The smallest absolute Gasteiger partial charge is 0.345 e. The normalized spacial score (nSPS) is 10.9. The Morgan fingerprint density at radius 3 is 1.95 bits per heavy atom. The number of hydrazone groups is 1. The number of nitrogens with one attached hydrogen (secondary N) is 1. The first-order valence-electron chi connectivity index (χ1n) is 12.3. The molecule has 0 aliphatic rings. The Morgan fingerprint density at radius 2 is 1.38 bits per heavy atom. The van der Waals surface area contributed by atoms with E-state index in [9.17, 15) is 9.59 Å². The summed E-state index contributed by atoms with van der Waals surface area (Å²) >= 11 is 23.9. The Bertz CT molecular complexity index is 1530. The number of rotatable bonds is 11. The highest BCUT2D eigenvalue weighted by Gasteiger charge is 2.23. The van der Waals surface area contributed by atoms with Crippen LogP contribution in [0.5, 0.6) is 23.0 Å². The summed E-state index contributed by atoms with van der Waals surface area (Å²) in [4.78, 5) is 25.7. The van der Waals surface area contributed by atoms with Gasteiger partial charge in [-0.25, -0.2) is 10.2 Å². The Balaban J connectivity index is 1.46. The minimum atomic E-state index is -1.40. The van der Waals surface area contributed by atoms with Crippen molar-refractivity contribution >= 4 is 64.5 Å². The summed E-state index contributed by atoms with van der Waals surface area (Å²) in [7, 11) is 0. The number of hydrogen-bond acceptors (Lipinski definition) is 7. The fourth-order valence-corrected chi connectivity index (χ4v) is 4.13. The van der Waals surface area contributed by atoms with Crippen LogP contribution in [-0.2, 0) is 4.79 Å². The highest BCUT2D eigenvalue weighted by molar-refractivity contribution is 6.36. The quantitative estimate of drug-likeness (QED) is 0.0586. The van der Waals surface area contributed by atoms with Gasteiger partial charge in [0.2, 0.25) is 0 Å². The molecule has 0 aromatic heterocycles. The molecule has 0 fully saturated rings. The molecule has 0 atom stereocenters. The topological polar surface area (TPSA) is 95.5 Å². The van der Waals surface area contributed by atoms with Crippen molar-refractivity contribution in [1.82, 2.24) is 5.43 Å². The first kappa shape index (κ1) is 31.0. The van der Waals surface area contributed by atoms with Crippen LogP contribution in [0.3, 0.4) is 0 Å². The van der Waals surface area contributed by atoms with Gasteiger partial charge in [-0.3, -0.25) is 4.79 Å². The summed E-state index contributed by atoms with van der Waals surface area (Å²) in [6.07, 6.45) is -0.0195. The van der Waals surface area contributed by atoms with Crippen molar-refractivity contribution < 1.29 is 28.5 Å². The number of hydrogen-bond donors (Lipinski definition) is 1. The fraction of sp³-hybridized carbons (Fsp3) is 0.100. The van der Waals surface area contributed by atoms with Crippen molar-refractivity contribution in [1.29, 1.82) is 0 Å². The molecule has 0 aliphatic heterocycles. The van der Waals surface area contributed by atoms with Crippen LogP contribution >= 0.6 is 46.4 Å². The molecule has 42 heavy (non-hydrogen) atoms. The van der Waals surface area contributed by atoms with Gasteiger partial charge in [0.15, 0.2) is 11.5 Å². The maximum atomic E-state index is 13.0. The van der Waals surface area contributed by atoms with Gasteiger partial charge >= 0.3 is 18.2 Å². The number of carbonyl (C=O) groups is 2. The van der Waals surface area contributed by atoms with Gasteiger partial charge in [-0.1, -0.05) is 46.4 Å². The van der Waals surface area contributed by atoms with Crippen molar-refractivity contribution in [2.75, 3.05) is 6.61 Å². The average molecular weight is 648 g/mol. The van der Waals surface area contributed by atoms with Crippen LogP contribution in [0, 0.1) is 0 Å². The summed E-state index contributed by atoms with van der Waals surface area (Å²) in [5, 5.41) is 5.57. The van der Waals surface area contributed by atoms with Gasteiger partial charge in [-0.05, 0) is 97.4 Å². The second-order valence-corrected chi connectivity index (χ2v) is 10.1. The summed E-state index contributed by atoms with van der Waals surface area (Å²) < 4.78 is 22.6. The lowest BCUT2D eigenvalue weighted by molar-refractivity contribution is -0.140. The van der Waals surface area contributed by atoms with Crippen LogP contribution in [-0.4, -0.2) is 31.0 Å². The molecule has 0 aliphatic carbocycles. The molecule has 12 heteroatoms. The zero-order valence-corrected chi connectivity index (χ0v) is 24.9. The molecule has 4 aromatic carbocycles. The molecule has 0 bridgehead atoms. The number of amides is 1. The van der Waals surface area contributed by atoms with E-state index in [0.717, 1.165) is 0 Å². The first-order chi connectivity index (χ1) is 20.2. The molecule has 0 saturated carbocycles. The van der Waals surface area contributed by atoms with Gasteiger partial charge in [0.05, 0.1) is 23.4 Å². The lowest BCUT2D eigenvalue weighted by atomic mass is 10.2. The molecule has 4 aromatic rings. The number of carbonyl (C=O) groups excluding carboxylic acids is 2. The van der Waals surface area contributed by atoms with E-state index in [1.165, 1.54) is 30.5 Å². The van der Waals surface area contributed by atoms with Crippen molar-refractivity contribution in [2.45, 2.75) is 13.2 Å². The number of ether oxygens (including phenoxy) is 4. The van der Waals surface area contributed by atoms with Gasteiger partial charge in [-0.15, -0.1) is 0 Å². The number of halogens is 4. The minimum absolute atomic E-state index is 0.146. The van der Waals surface area contributed by atoms with Crippen LogP contribution in [0.25, 0.3) is 0 Å². The van der Waals surface area contributed by atoms with E-state index in [1.807, 2.05) is 0 Å². The van der Waals surface area contributed by atoms with Crippen molar-refractivity contribution in [3.63, 3.8) is 0 Å². The minimum Gasteiger partial charge on any atom is -0.490 e.